The second kappa shape index (κ2) is 12.0. The number of thioether (sulfide) groups is 1. The fourth-order valence-electron chi connectivity index (χ4n) is 4.81. The summed E-state index contributed by atoms with van der Waals surface area (Å²) in [6.07, 6.45) is 6.22. The van der Waals surface area contributed by atoms with Crippen molar-refractivity contribution in [3.8, 4) is 11.5 Å². The Hall–Kier alpha value is -2.75. The highest BCUT2D eigenvalue weighted by Crippen LogP contribution is 2.41. The summed E-state index contributed by atoms with van der Waals surface area (Å²) < 4.78 is 28.5. The number of rotatable bonds is 7. The van der Waals surface area contributed by atoms with Crippen molar-refractivity contribution in [1.29, 1.82) is 0 Å². The molecule has 1 amide bonds. The van der Waals surface area contributed by atoms with Crippen molar-refractivity contribution in [2.75, 3.05) is 52.7 Å². The van der Waals surface area contributed by atoms with E-state index in [4.69, 9.17) is 23.7 Å². The molecular weight excluding hydrogens is 522 g/mol. The molecule has 2 aromatic carbocycles. The summed E-state index contributed by atoms with van der Waals surface area (Å²) in [5.41, 5.74) is 1.19. The van der Waals surface area contributed by atoms with Crippen LogP contribution in [0.15, 0.2) is 74.8 Å². The van der Waals surface area contributed by atoms with E-state index in [1.165, 1.54) is 10.5 Å². The van der Waals surface area contributed by atoms with E-state index in [0.717, 1.165) is 39.2 Å². The monoisotopic (exact) mass is 553 g/mol. The predicted molar refractivity (Wildman–Crippen MR) is 146 cm³/mol. The zero-order valence-corrected chi connectivity index (χ0v) is 22.8. The van der Waals surface area contributed by atoms with E-state index >= 15 is 0 Å². The van der Waals surface area contributed by atoms with E-state index in [-0.39, 0.29) is 11.2 Å². The van der Waals surface area contributed by atoms with Gasteiger partial charge in [0.25, 0.3) is 0 Å². The van der Waals surface area contributed by atoms with Crippen LogP contribution in [0.2, 0.25) is 0 Å². The number of hydrogen-bond acceptors (Lipinski definition) is 8. The zero-order valence-electron chi connectivity index (χ0n) is 21.2. The van der Waals surface area contributed by atoms with E-state index in [1.807, 2.05) is 34.9 Å². The molecule has 0 bridgehead atoms. The number of nitrogens with zero attached hydrogens (tertiary/aromatic N) is 1. The zero-order chi connectivity index (χ0) is 25.7. The second-order valence-corrected chi connectivity index (χ2v) is 11.8. The number of aryl methyl sites for hydroxylation is 1. The number of allylic oxidation sites excluding steroid dienone is 2. The molecule has 7 nitrogen and oxygen atoms in total. The maximum Gasteiger partial charge on any atom is 0.223 e. The lowest BCUT2D eigenvalue weighted by atomic mass is 10.1. The molecule has 0 radical (unpaired) electrons. The Morgan fingerprint density at radius 3 is 2.53 bits per heavy atom. The van der Waals surface area contributed by atoms with Crippen molar-refractivity contribution in [2.45, 2.75) is 39.2 Å². The van der Waals surface area contributed by atoms with E-state index in [1.54, 1.807) is 11.8 Å². The van der Waals surface area contributed by atoms with Crippen LogP contribution in [0.4, 0.5) is 0 Å². The third-order valence-corrected chi connectivity index (χ3v) is 9.02. The van der Waals surface area contributed by atoms with Crippen LogP contribution in [-0.2, 0) is 25.4 Å². The summed E-state index contributed by atoms with van der Waals surface area (Å²) in [5, 5.41) is 0.235. The average molecular weight is 554 g/mol. The minimum Gasteiger partial charge on any atom is -0.490 e. The molecule has 3 aliphatic heterocycles. The van der Waals surface area contributed by atoms with Gasteiger partial charge in [-0.25, -0.2) is 0 Å². The van der Waals surface area contributed by atoms with Gasteiger partial charge >= 0.3 is 0 Å². The van der Waals surface area contributed by atoms with Crippen molar-refractivity contribution in [3.63, 3.8) is 0 Å². The van der Waals surface area contributed by atoms with Crippen molar-refractivity contribution in [1.82, 2.24) is 4.90 Å². The molecule has 200 valence electrons. The highest BCUT2D eigenvalue weighted by molar-refractivity contribution is 8.00. The Balaban J connectivity index is 1.19. The molecule has 4 aliphatic rings. The molecule has 38 heavy (non-hydrogen) atoms. The van der Waals surface area contributed by atoms with Crippen LogP contribution in [0.1, 0.15) is 18.4 Å². The minimum absolute atomic E-state index is 0.194. The topological polar surface area (TPSA) is 66.5 Å². The van der Waals surface area contributed by atoms with Gasteiger partial charge in [-0.05, 0) is 48.4 Å². The van der Waals surface area contributed by atoms with E-state index < -0.39 is 0 Å². The summed E-state index contributed by atoms with van der Waals surface area (Å²) in [6, 6.07) is 12.7. The molecule has 3 heterocycles. The van der Waals surface area contributed by atoms with E-state index in [2.05, 4.69) is 30.3 Å². The number of fused-ring (bicyclic) bond motifs is 1. The SMILES string of the molecule is O=C(CCc1ccc(Sc2ccc3c(c2)OCCO3)cc1SC1C=CC2=C(C1)OCCO2)N1CCOCC1. The average Bonchev–Trinajstić information content (AvgIpc) is 2.97. The molecule has 0 aromatic heterocycles. The summed E-state index contributed by atoms with van der Waals surface area (Å²) in [7, 11) is 0. The van der Waals surface area contributed by atoms with Crippen molar-refractivity contribution in [3.05, 3.63) is 65.6 Å². The number of carbonyl (C=O) groups excluding carboxylic acids is 1. The lowest BCUT2D eigenvalue weighted by Gasteiger charge is -2.27. The summed E-state index contributed by atoms with van der Waals surface area (Å²) in [6.45, 7) is 4.95. The smallest absolute Gasteiger partial charge is 0.223 e. The molecule has 0 saturated carbocycles. The minimum atomic E-state index is 0.194. The first-order valence-corrected chi connectivity index (χ1v) is 14.8. The summed E-state index contributed by atoms with van der Waals surface area (Å²) >= 11 is 3.52. The lowest BCUT2D eigenvalue weighted by molar-refractivity contribution is -0.135. The molecule has 0 N–H and O–H groups in total. The molecule has 1 fully saturated rings. The first-order valence-electron chi connectivity index (χ1n) is 13.1. The standard InChI is InChI=1S/C29H31NO6S2/c31-29(30-9-11-32-12-10-30)8-2-20-1-3-23(37-21-4-6-24-26(17-21)35-15-13-33-24)19-28(20)38-22-5-7-25-27(18-22)36-16-14-34-25/h1,3-7,17,19,22H,2,8-16,18H2. The maximum absolute atomic E-state index is 12.8. The summed E-state index contributed by atoms with van der Waals surface area (Å²) in [4.78, 5) is 18.2. The third kappa shape index (κ3) is 6.11. The predicted octanol–water partition coefficient (Wildman–Crippen LogP) is 5.08. The number of carbonyl (C=O) groups is 1. The van der Waals surface area contributed by atoms with Crippen LogP contribution < -0.4 is 9.47 Å². The van der Waals surface area contributed by atoms with E-state index in [9.17, 15) is 4.79 Å². The summed E-state index contributed by atoms with van der Waals surface area (Å²) in [5.74, 6) is 3.57. The van der Waals surface area contributed by atoms with Gasteiger partial charge in [-0.3, -0.25) is 4.79 Å². The lowest BCUT2D eigenvalue weighted by Crippen LogP contribution is -2.40. The van der Waals surface area contributed by atoms with Gasteiger partial charge in [-0.15, -0.1) is 11.8 Å². The van der Waals surface area contributed by atoms with Gasteiger partial charge in [0.05, 0.1) is 13.2 Å². The Bertz CT molecular complexity index is 1240. The number of ether oxygens (including phenoxy) is 5. The first-order chi connectivity index (χ1) is 18.7. The van der Waals surface area contributed by atoms with Crippen LogP contribution in [0.25, 0.3) is 0 Å². The Labute approximate surface area is 231 Å². The second-order valence-electron chi connectivity index (χ2n) is 9.37. The van der Waals surface area contributed by atoms with Crippen molar-refractivity contribution < 1.29 is 28.5 Å². The van der Waals surface area contributed by atoms with Crippen molar-refractivity contribution >= 4 is 29.4 Å². The van der Waals surface area contributed by atoms with Gasteiger partial charge in [0.1, 0.15) is 32.2 Å². The number of benzene rings is 2. The highest BCUT2D eigenvalue weighted by Gasteiger charge is 2.24. The van der Waals surface area contributed by atoms with Crippen LogP contribution in [0.5, 0.6) is 11.5 Å². The maximum atomic E-state index is 12.8. The number of morpholine rings is 1. The molecule has 6 rings (SSSR count). The van der Waals surface area contributed by atoms with Gasteiger partial charge in [-0.1, -0.05) is 23.9 Å². The molecular formula is C29H31NO6S2. The largest absolute Gasteiger partial charge is 0.490 e. The molecule has 1 unspecified atom stereocenters. The normalized spacial score (nSPS) is 20.4. The fraction of sp³-hybridized carbons (Fsp3) is 0.414. The van der Waals surface area contributed by atoms with Crippen LogP contribution in [0, 0.1) is 0 Å². The third-order valence-electron chi connectivity index (χ3n) is 6.78. The molecule has 0 spiro atoms. The van der Waals surface area contributed by atoms with Gasteiger partial charge in [0, 0.05) is 45.9 Å². The Morgan fingerprint density at radius 2 is 1.63 bits per heavy atom. The highest BCUT2D eigenvalue weighted by atomic mass is 32.2. The molecule has 1 aliphatic carbocycles. The van der Waals surface area contributed by atoms with E-state index in [0.29, 0.717) is 65.6 Å². The number of amides is 1. The van der Waals surface area contributed by atoms with Crippen LogP contribution in [0.3, 0.4) is 0 Å². The van der Waals surface area contributed by atoms with Gasteiger partial charge in [0.15, 0.2) is 17.3 Å². The van der Waals surface area contributed by atoms with Crippen LogP contribution >= 0.6 is 23.5 Å². The molecule has 2 aromatic rings. The Kier molecular flexibility index (Phi) is 8.04. The first kappa shape index (κ1) is 25.5. The van der Waals surface area contributed by atoms with Crippen molar-refractivity contribution in [2.24, 2.45) is 0 Å². The van der Waals surface area contributed by atoms with Gasteiger partial charge in [0.2, 0.25) is 5.91 Å². The Morgan fingerprint density at radius 1 is 0.868 bits per heavy atom. The quantitative estimate of drug-likeness (QED) is 0.471. The molecule has 1 saturated heterocycles. The molecule has 1 atom stereocenters. The van der Waals surface area contributed by atoms with Gasteiger partial charge < -0.3 is 28.6 Å². The molecule has 9 heteroatoms. The number of hydrogen-bond donors (Lipinski definition) is 0. The van der Waals surface area contributed by atoms with Gasteiger partial charge in [-0.2, -0.15) is 0 Å². The van der Waals surface area contributed by atoms with Crippen LogP contribution in [-0.4, -0.2) is 68.8 Å². The fourth-order valence-corrected chi connectivity index (χ4v) is 7.00.